The third-order valence-electron chi connectivity index (χ3n) is 3.00. The highest BCUT2D eigenvalue weighted by Crippen LogP contribution is 2.28. The van der Waals surface area contributed by atoms with E-state index in [1.807, 2.05) is 49.3 Å². The number of hydrogen-bond donors (Lipinski definition) is 1. The molecule has 0 aliphatic rings. The number of rotatable bonds is 3. The van der Waals surface area contributed by atoms with Crippen LogP contribution in [0.25, 0.3) is 22.2 Å². The number of nitrogens with one attached hydrogen (secondary N) is 1. The van der Waals surface area contributed by atoms with Crippen LogP contribution in [0.4, 0.5) is 5.95 Å². The highest BCUT2D eigenvalue weighted by Gasteiger charge is 2.07. The van der Waals surface area contributed by atoms with Crippen molar-refractivity contribution >= 4 is 23.3 Å². The number of benzene rings is 2. The molecule has 3 aromatic rings. The highest BCUT2D eigenvalue weighted by atomic mass is 15.1. The average Bonchev–Trinajstić information content (AvgIpc) is 2.89. The Morgan fingerprint density at radius 3 is 2.60 bits per heavy atom. The summed E-state index contributed by atoms with van der Waals surface area (Å²) < 4.78 is 0. The summed E-state index contributed by atoms with van der Waals surface area (Å²) in [5.74, 6) is 0.622. The Morgan fingerprint density at radius 2 is 1.85 bits per heavy atom. The van der Waals surface area contributed by atoms with Gasteiger partial charge < -0.3 is 9.88 Å². The van der Waals surface area contributed by atoms with Gasteiger partial charge >= 0.3 is 0 Å². The van der Waals surface area contributed by atoms with Gasteiger partial charge in [0.05, 0.1) is 17.4 Å². The lowest BCUT2D eigenvalue weighted by Gasteiger charge is -2.01. The molecule has 1 aromatic heterocycles. The average molecular weight is 264 g/mol. The summed E-state index contributed by atoms with van der Waals surface area (Å²) in [6, 6.07) is 16.4. The molecule has 1 N–H and O–H groups in total. The van der Waals surface area contributed by atoms with Crippen LogP contribution in [-0.4, -0.2) is 35.3 Å². The van der Waals surface area contributed by atoms with Crippen LogP contribution in [0.5, 0.6) is 0 Å². The summed E-state index contributed by atoms with van der Waals surface area (Å²) in [5, 5.41) is 0. The monoisotopic (exact) mass is 264 g/mol. The maximum absolute atomic E-state index is 4.58. The molecule has 0 saturated heterocycles. The summed E-state index contributed by atoms with van der Waals surface area (Å²) >= 11 is 0. The van der Waals surface area contributed by atoms with Gasteiger partial charge in [-0.05, 0) is 11.6 Å². The van der Waals surface area contributed by atoms with Gasteiger partial charge in [0, 0.05) is 19.7 Å². The first-order valence-electron chi connectivity index (χ1n) is 6.49. The Bertz CT molecular complexity index is 742. The first kappa shape index (κ1) is 12.4. The molecule has 1 heterocycles. The van der Waals surface area contributed by atoms with Crippen LogP contribution in [0.1, 0.15) is 0 Å². The maximum atomic E-state index is 4.58. The van der Waals surface area contributed by atoms with Crippen LogP contribution in [0.15, 0.2) is 53.5 Å². The van der Waals surface area contributed by atoms with Crippen molar-refractivity contribution in [3.05, 3.63) is 48.5 Å². The molecule has 0 atom stereocenters. The van der Waals surface area contributed by atoms with Crippen molar-refractivity contribution in [2.45, 2.75) is 0 Å². The van der Waals surface area contributed by atoms with E-state index in [9.17, 15) is 0 Å². The Labute approximate surface area is 117 Å². The zero-order chi connectivity index (χ0) is 13.9. The van der Waals surface area contributed by atoms with E-state index in [-0.39, 0.29) is 0 Å². The molecule has 2 aromatic carbocycles. The smallest absolute Gasteiger partial charge is 0.229 e. The van der Waals surface area contributed by atoms with E-state index in [1.165, 1.54) is 0 Å². The Kier molecular flexibility index (Phi) is 3.21. The van der Waals surface area contributed by atoms with E-state index in [0.29, 0.717) is 5.95 Å². The molecule has 20 heavy (non-hydrogen) atoms. The predicted molar refractivity (Wildman–Crippen MR) is 83.4 cm³/mol. The number of imidazole rings is 1. The van der Waals surface area contributed by atoms with Crippen LogP contribution < -0.4 is 0 Å². The van der Waals surface area contributed by atoms with Crippen molar-refractivity contribution in [2.24, 2.45) is 4.99 Å². The van der Waals surface area contributed by atoms with Crippen LogP contribution in [0.2, 0.25) is 0 Å². The van der Waals surface area contributed by atoms with Gasteiger partial charge in [-0.3, -0.25) is 0 Å². The Hall–Kier alpha value is -2.62. The summed E-state index contributed by atoms with van der Waals surface area (Å²) in [6.07, 6.45) is 1.74. The normalized spacial score (nSPS) is 11.3. The van der Waals surface area contributed by atoms with Crippen molar-refractivity contribution in [3.8, 4) is 11.1 Å². The number of fused-ring (bicyclic) bond motifs is 1. The van der Waals surface area contributed by atoms with Crippen molar-refractivity contribution < 1.29 is 0 Å². The highest BCUT2D eigenvalue weighted by molar-refractivity contribution is 5.93. The Morgan fingerprint density at radius 1 is 1.05 bits per heavy atom. The largest absolute Gasteiger partial charge is 0.369 e. The molecule has 4 heteroatoms. The number of aliphatic imine (C=N–C) groups is 1. The molecule has 0 amide bonds. The van der Waals surface area contributed by atoms with Gasteiger partial charge in [0.1, 0.15) is 0 Å². The molecule has 4 nitrogen and oxygen atoms in total. The minimum absolute atomic E-state index is 0.622. The minimum Gasteiger partial charge on any atom is -0.369 e. The van der Waals surface area contributed by atoms with Crippen molar-refractivity contribution in [1.29, 1.82) is 0 Å². The second kappa shape index (κ2) is 5.17. The molecular weight excluding hydrogens is 248 g/mol. The SMILES string of the molecule is CN(C)C=Nc1nc2c(-c3ccccc3)cccc2[nH]1. The van der Waals surface area contributed by atoms with Gasteiger partial charge in [0.15, 0.2) is 0 Å². The van der Waals surface area contributed by atoms with Gasteiger partial charge in [0.25, 0.3) is 0 Å². The van der Waals surface area contributed by atoms with Gasteiger partial charge in [-0.25, -0.2) is 9.98 Å². The second-order valence-corrected chi connectivity index (χ2v) is 4.84. The quantitative estimate of drug-likeness (QED) is 0.581. The lowest BCUT2D eigenvalue weighted by Crippen LogP contribution is -2.07. The van der Waals surface area contributed by atoms with E-state index in [2.05, 4.69) is 33.2 Å². The zero-order valence-corrected chi connectivity index (χ0v) is 11.5. The fourth-order valence-corrected chi connectivity index (χ4v) is 2.10. The van der Waals surface area contributed by atoms with Crippen molar-refractivity contribution in [3.63, 3.8) is 0 Å². The molecule has 0 saturated carbocycles. The number of aromatic amines is 1. The minimum atomic E-state index is 0.622. The third-order valence-corrected chi connectivity index (χ3v) is 3.00. The number of hydrogen-bond acceptors (Lipinski definition) is 2. The molecule has 100 valence electrons. The topological polar surface area (TPSA) is 44.3 Å². The fraction of sp³-hybridized carbons (Fsp3) is 0.125. The van der Waals surface area contributed by atoms with Crippen LogP contribution in [0.3, 0.4) is 0 Å². The number of H-pyrrole nitrogens is 1. The first-order chi connectivity index (χ1) is 9.74. The third kappa shape index (κ3) is 2.40. The van der Waals surface area contributed by atoms with Gasteiger partial charge in [0.2, 0.25) is 5.95 Å². The summed E-state index contributed by atoms with van der Waals surface area (Å²) in [6.45, 7) is 0. The summed E-state index contributed by atoms with van der Waals surface area (Å²) in [5.41, 5.74) is 4.22. The number of para-hydroxylation sites is 1. The van der Waals surface area contributed by atoms with E-state index < -0.39 is 0 Å². The van der Waals surface area contributed by atoms with Crippen LogP contribution in [-0.2, 0) is 0 Å². The number of nitrogens with zero attached hydrogens (tertiary/aromatic N) is 3. The first-order valence-corrected chi connectivity index (χ1v) is 6.49. The fourth-order valence-electron chi connectivity index (χ4n) is 2.10. The lowest BCUT2D eigenvalue weighted by molar-refractivity contribution is 0.642. The Balaban J connectivity index is 2.11. The molecule has 0 fully saturated rings. The summed E-state index contributed by atoms with van der Waals surface area (Å²) in [7, 11) is 3.86. The van der Waals surface area contributed by atoms with E-state index in [4.69, 9.17) is 0 Å². The number of aromatic nitrogens is 2. The van der Waals surface area contributed by atoms with E-state index in [1.54, 1.807) is 6.34 Å². The predicted octanol–water partition coefficient (Wildman–Crippen LogP) is 3.45. The van der Waals surface area contributed by atoms with Gasteiger partial charge in [-0.1, -0.05) is 42.5 Å². The molecule has 0 spiro atoms. The molecule has 3 rings (SSSR count). The van der Waals surface area contributed by atoms with E-state index >= 15 is 0 Å². The second-order valence-electron chi connectivity index (χ2n) is 4.84. The molecular formula is C16H16N4. The lowest BCUT2D eigenvalue weighted by atomic mass is 10.0. The van der Waals surface area contributed by atoms with Crippen molar-refractivity contribution in [2.75, 3.05) is 14.1 Å². The van der Waals surface area contributed by atoms with Crippen LogP contribution in [0, 0.1) is 0 Å². The van der Waals surface area contributed by atoms with Crippen LogP contribution >= 0.6 is 0 Å². The molecule has 0 bridgehead atoms. The van der Waals surface area contributed by atoms with E-state index in [0.717, 1.165) is 22.2 Å². The molecule has 0 aliphatic carbocycles. The molecule has 0 aliphatic heterocycles. The van der Waals surface area contributed by atoms with Gasteiger partial charge in [-0.2, -0.15) is 0 Å². The maximum Gasteiger partial charge on any atom is 0.229 e. The molecule has 0 radical (unpaired) electrons. The standard InChI is InChI=1S/C16H16N4/c1-20(2)11-17-16-18-14-10-6-9-13(15(14)19-16)12-7-4-3-5-8-12/h3-11H,1-2H3,(H,18,19). The molecule has 0 unspecified atom stereocenters. The van der Waals surface area contributed by atoms with Gasteiger partial charge in [-0.15, -0.1) is 0 Å². The zero-order valence-electron chi connectivity index (χ0n) is 11.5. The van der Waals surface area contributed by atoms with Crippen molar-refractivity contribution in [1.82, 2.24) is 14.9 Å². The summed E-state index contributed by atoms with van der Waals surface area (Å²) in [4.78, 5) is 14.0.